The van der Waals surface area contributed by atoms with Crippen molar-refractivity contribution < 1.29 is 37.4 Å². The van der Waals surface area contributed by atoms with E-state index in [1.165, 1.54) is 16.3 Å². The zero-order chi connectivity index (χ0) is 2.00. The first kappa shape index (κ1) is 17.4. The summed E-state index contributed by atoms with van der Waals surface area (Å²) in [5, 5.41) is 0. The quantitative estimate of drug-likeness (QED) is 0.292. The monoisotopic (exact) mass is 115 g/mol. The van der Waals surface area contributed by atoms with Gasteiger partial charge >= 0.3 is 18.9 Å². The Labute approximate surface area is 59.3 Å². The molecule has 3 heteroatoms. The van der Waals surface area contributed by atoms with Crippen LogP contribution in [0.5, 0.6) is 0 Å². The van der Waals surface area contributed by atoms with Crippen LogP contribution in [-0.4, -0.2) is 16.3 Å². The second-order valence-corrected chi connectivity index (χ2v) is 0. The van der Waals surface area contributed by atoms with Crippen LogP contribution in [0.15, 0.2) is 0 Å². The minimum Gasteiger partial charge on any atom is -1.00 e. The predicted molar refractivity (Wildman–Crippen MR) is 15.5 cm³/mol. The fourth-order valence-corrected chi connectivity index (χ4v) is 0. The molecule has 0 saturated carbocycles. The Kier molecular flexibility index (Phi) is 99.0. The van der Waals surface area contributed by atoms with Gasteiger partial charge in [0.25, 0.3) is 0 Å². The normalized spacial score (nSPS) is 1.25. The molecule has 0 aromatic carbocycles. The molecule has 0 unspecified atom stereocenters. The fourth-order valence-electron chi connectivity index (χ4n) is 0. The molecular formula is CH6AlCuLi. The molecule has 0 aliphatic heterocycles. The maximum atomic E-state index is 2.14. The van der Waals surface area contributed by atoms with Gasteiger partial charge in [-0.1, -0.05) is 0 Å². The predicted octanol–water partition coefficient (Wildman–Crippen LogP) is -3.22. The first-order chi connectivity index (χ1) is 1.00. The van der Waals surface area contributed by atoms with Crippen LogP contribution in [0.4, 0.5) is 0 Å². The summed E-state index contributed by atoms with van der Waals surface area (Å²) in [5.74, 6) is 2.14. The van der Waals surface area contributed by atoms with Crippen LogP contribution in [0.2, 0.25) is 5.79 Å². The molecule has 0 saturated heterocycles. The van der Waals surface area contributed by atoms with E-state index < -0.39 is 0 Å². The number of hydrogen-bond acceptors (Lipinski definition) is 0. The van der Waals surface area contributed by atoms with E-state index in [0.717, 1.165) is 0 Å². The van der Waals surface area contributed by atoms with E-state index in [9.17, 15) is 0 Å². The summed E-state index contributed by atoms with van der Waals surface area (Å²) in [4.78, 5) is 0. The van der Waals surface area contributed by atoms with Crippen LogP contribution in [0.1, 0.15) is 1.43 Å². The molecule has 1 radical (unpaired) electrons. The van der Waals surface area contributed by atoms with Crippen molar-refractivity contribution in [2.75, 3.05) is 0 Å². The van der Waals surface area contributed by atoms with Crippen LogP contribution in [0.25, 0.3) is 0 Å². The summed E-state index contributed by atoms with van der Waals surface area (Å²) in [7, 11) is 0. The van der Waals surface area contributed by atoms with Gasteiger partial charge in [-0.25, -0.2) is 0 Å². The molecule has 0 aliphatic rings. The molecule has 0 spiro atoms. The van der Waals surface area contributed by atoms with Crippen LogP contribution in [0.3, 0.4) is 0 Å². The molecular weight excluding hydrogens is 109 g/mol. The van der Waals surface area contributed by atoms with Crippen molar-refractivity contribution in [1.82, 2.24) is 0 Å². The molecule has 0 aromatic heterocycles. The van der Waals surface area contributed by atoms with Crippen LogP contribution < -0.4 is 18.9 Å². The van der Waals surface area contributed by atoms with Crippen molar-refractivity contribution in [2.24, 2.45) is 0 Å². The topological polar surface area (TPSA) is 0 Å². The maximum Gasteiger partial charge on any atom is 1.00 e. The van der Waals surface area contributed by atoms with Gasteiger partial charge in [0.1, 0.15) is 0 Å². The Hall–Kier alpha value is 1.65. The minimum atomic E-state index is 0. The van der Waals surface area contributed by atoms with Gasteiger partial charge < -0.3 is 1.43 Å². The second-order valence-electron chi connectivity index (χ2n) is 0. The molecule has 0 aliphatic carbocycles. The summed E-state index contributed by atoms with van der Waals surface area (Å²) in [6, 6.07) is 0. The van der Waals surface area contributed by atoms with Crippen molar-refractivity contribution in [1.29, 1.82) is 0 Å². The molecule has 0 rings (SSSR count). The van der Waals surface area contributed by atoms with E-state index in [-0.39, 0.29) is 37.4 Å². The van der Waals surface area contributed by atoms with E-state index in [0.29, 0.717) is 0 Å². The Morgan fingerprint density at radius 3 is 1.50 bits per heavy atom. The van der Waals surface area contributed by atoms with Gasteiger partial charge in [0.15, 0.2) is 0 Å². The van der Waals surface area contributed by atoms with Crippen molar-refractivity contribution in [3.63, 3.8) is 0 Å². The molecule has 0 atom stereocenters. The fraction of sp³-hybridized carbons (Fsp3) is 1.00. The number of rotatable bonds is 0. The maximum absolute atomic E-state index is 2.14. The molecule has 0 amide bonds. The summed E-state index contributed by atoms with van der Waals surface area (Å²) in [6.07, 6.45) is 0. The minimum absolute atomic E-state index is 0. The molecule has 0 N–H and O–H groups in total. The molecule has 0 nitrogen and oxygen atoms in total. The SMILES string of the molecule is [CH3][AlH2].[Cu].[H-].[Li+]. The first-order valence-corrected chi connectivity index (χ1v) is 3.00. The Morgan fingerprint density at radius 2 is 1.50 bits per heavy atom. The summed E-state index contributed by atoms with van der Waals surface area (Å²) in [6.45, 7) is 0. The molecule has 0 bridgehead atoms. The zero-order valence-electron chi connectivity index (χ0n) is 4.30. The third-order valence-corrected chi connectivity index (χ3v) is 0. The third-order valence-electron chi connectivity index (χ3n) is 0. The van der Waals surface area contributed by atoms with Gasteiger partial charge in [0.05, 0.1) is 0 Å². The Balaban J connectivity index is -0.00000000167. The average molecular weight is 116 g/mol. The molecule has 0 fully saturated rings. The Bertz CT molecular complexity index is 11.6. The van der Waals surface area contributed by atoms with Gasteiger partial charge in [0.2, 0.25) is 16.3 Å². The molecule has 4 heavy (non-hydrogen) atoms. The van der Waals surface area contributed by atoms with Crippen molar-refractivity contribution in [3.05, 3.63) is 0 Å². The van der Waals surface area contributed by atoms with Crippen molar-refractivity contribution >= 4 is 16.3 Å². The van der Waals surface area contributed by atoms with Crippen LogP contribution >= 0.6 is 0 Å². The van der Waals surface area contributed by atoms with Gasteiger partial charge in [-0.2, -0.15) is 0 Å². The van der Waals surface area contributed by atoms with Crippen molar-refractivity contribution in [2.45, 2.75) is 5.79 Å². The van der Waals surface area contributed by atoms with E-state index in [1.807, 2.05) is 0 Å². The van der Waals surface area contributed by atoms with Gasteiger partial charge in [-0.05, 0) is 0 Å². The molecule has 25 valence electrons. The van der Waals surface area contributed by atoms with Gasteiger partial charge in [0, 0.05) is 17.1 Å². The van der Waals surface area contributed by atoms with E-state index in [4.69, 9.17) is 0 Å². The average Bonchev–Trinajstić information content (AvgIpc) is 1.00. The third kappa shape index (κ3) is 9.42. The van der Waals surface area contributed by atoms with Crippen LogP contribution in [0, 0.1) is 0 Å². The van der Waals surface area contributed by atoms with Gasteiger partial charge in [-0.15, -0.1) is 5.79 Å². The standard InChI is InChI=1S/CH3.Al.Cu.Li.3H/h1H3;;;;;;/q;;;+1;;;-1. The Morgan fingerprint density at radius 1 is 1.50 bits per heavy atom. The summed E-state index contributed by atoms with van der Waals surface area (Å²) < 4.78 is 0. The van der Waals surface area contributed by atoms with Gasteiger partial charge in [-0.3, -0.25) is 0 Å². The summed E-state index contributed by atoms with van der Waals surface area (Å²) >= 11 is 1.31. The zero-order valence-corrected chi connectivity index (χ0v) is 6.24. The second kappa shape index (κ2) is 22.8. The molecule has 0 aromatic rings. The van der Waals surface area contributed by atoms with E-state index in [2.05, 4.69) is 5.79 Å². The largest absolute Gasteiger partial charge is 1.00 e. The van der Waals surface area contributed by atoms with E-state index >= 15 is 0 Å². The van der Waals surface area contributed by atoms with Crippen molar-refractivity contribution in [3.8, 4) is 0 Å². The summed E-state index contributed by atoms with van der Waals surface area (Å²) in [5.41, 5.74) is 0. The first-order valence-electron chi connectivity index (χ1n) is 1.00. The number of hydrogen-bond donors (Lipinski definition) is 0. The van der Waals surface area contributed by atoms with E-state index in [1.54, 1.807) is 0 Å². The van der Waals surface area contributed by atoms with Crippen LogP contribution in [-0.2, 0) is 17.1 Å². The molecule has 0 heterocycles. The smallest absolute Gasteiger partial charge is 1.00 e.